The fourth-order valence-corrected chi connectivity index (χ4v) is 2.17. The molecule has 8 heteroatoms. The van der Waals surface area contributed by atoms with Crippen molar-refractivity contribution in [3.05, 3.63) is 56.4 Å². The second-order valence-corrected chi connectivity index (χ2v) is 4.33. The number of rotatable bonds is 2. The Kier molecular flexibility index (Phi) is 2.65. The number of benzene rings is 1. The molecule has 3 rings (SSSR count). The molecule has 0 spiro atoms. The number of pyridine rings is 2. The van der Waals surface area contributed by atoms with Gasteiger partial charge in [0.25, 0.3) is 5.69 Å². The van der Waals surface area contributed by atoms with Gasteiger partial charge in [-0.15, -0.1) is 0 Å². The molecule has 104 valence electrons. The highest BCUT2D eigenvalue weighted by atomic mass is 16.6. The lowest BCUT2D eigenvalue weighted by Crippen LogP contribution is -2.09. The van der Waals surface area contributed by atoms with Gasteiger partial charge in [0.1, 0.15) is 5.65 Å². The van der Waals surface area contributed by atoms with Gasteiger partial charge in [-0.25, -0.2) is 9.78 Å². The van der Waals surface area contributed by atoms with E-state index in [1.165, 1.54) is 12.3 Å². The summed E-state index contributed by atoms with van der Waals surface area (Å²) in [7, 11) is 0. The number of nitrogens with one attached hydrogen (secondary N) is 1. The molecule has 3 aromatic rings. The number of H-pyrrole nitrogens is 1. The standard InChI is InChI=1S/C13H7N3O5/c17-11-7-2-1-3-14-12(7)15-10-8(11)4-6(16(20)21)5-9(10)13(18)19/h1-5H,(H,18,19)(H,14,15,17). The number of hydrogen-bond donors (Lipinski definition) is 2. The number of aromatic carboxylic acids is 1. The molecular weight excluding hydrogens is 278 g/mol. The topological polar surface area (TPSA) is 126 Å². The summed E-state index contributed by atoms with van der Waals surface area (Å²) in [6.07, 6.45) is 1.45. The highest BCUT2D eigenvalue weighted by Crippen LogP contribution is 2.23. The van der Waals surface area contributed by atoms with Gasteiger partial charge in [-0.2, -0.15) is 0 Å². The van der Waals surface area contributed by atoms with Crippen molar-refractivity contribution in [3.8, 4) is 0 Å². The van der Waals surface area contributed by atoms with Crippen LogP contribution in [0.5, 0.6) is 0 Å². The Morgan fingerprint density at radius 1 is 1.33 bits per heavy atom. The molecule has 0 unspecified atom stereocenters. The van der Waals surface area contributed by atoms with Crippen LogP contribution in [0.1, 0.15) is 10.4 Å². The zero-order valence-electron chi connectivity index (χ0n) is 10.4. The van der Waals surface area contributed by atoms with Crippen molar-refractivity contribution < 1.29 is 14.8 Å². The first kappa shape index (κ1) is 12.7. The molecule has 0 aliphatic heterocycles. The van der Waals surface area contributed by atoms with Gasteiger partial charge in [-0.05, 0) is 12.1 Å². The van der Waals surface area contributed by atoms with Crippen LogP contribution in [0.25, 0.3) is 21.9 Å². The molecule has 2 heterocycles. The summed E-state index contributed by atoms with van der Waals surface area (Å²) in [6, 6.07) is 5.04. The first-order valence-corrected chi connectivity index (χ1v) is 5.81. The van der Waals surface area contributed by atoms with Crippen molar-refractivity contribution in [2.24, 2.45) is 0 Å². The fraction of sp³-hybridized carbons (Fsp3) is 0. The summed E-state index contributed by atoms with van der Waals surface area (Å²) in [5.41, 5.74) is -1.05. The number of carboxylic acid groups (broad SMARTS) is 1. The molecule has 0 aliphatic rings. The highest BCUT2D eigenvalue weighted by Gasteiger charge is 2.19. The van der Waals surface area contributed by atoms with Crippen molar-refractivity contribution in [2.75, 3.05) is 0 Å². The number of carbonyl (C=O) groups is 1. The van der Waals surface area contributed by atoms with E-state index in [0.717, 1.165) is 12.1 Å². The van der Waals surface area contributed by atoms with Gasteiger partial charge >= 0.3 is 5.97 Å². The third-order valence-corrected chi connectivity index (χ3v) is 3.10. The summed E-state index contributed by atoms with van der Waals surface area (Å²) >= 11 is 0. The number of hydrogen-bond acceptors (Lipinski definition) is 5. The van der Waals surface area contributed by atoms with Crippen molar-refractivity contribution in [2.45, 2.75) is 0 Å². The molecule has 2 N–H and O–H groups in total. The Morgan fingerprint density at radius 3 is 2.76 bits per heavy atom. The molecule has 0 radical (unpaired) electrons. The van der Waals surface area contributed by atoms with Crippen molar-refractivity contribution in [1.82, 2.24) is 9.97 Å². The first-order chi connectivity index (χ1) is 9.99. The summed E-state index contributed by atoms with van der Waals surface area (Å²) in [4.78, 5) is 40.5. The molecule has 0 amide bonds. The van der Waals surface area contributed by atoms with Gasteiger partial charge in [-0.1, -0.05) is 0 Å². The number of nitro benzene ring substituents is 1. The van der Waals surface area contributed by atoms with Crippen molar-refractivity contribution in [3.63, 3.8) is 0 Å². The number of aromatic amines is 1. The highest BCUT2D eigenvalue weighted by molar-refractivity contribution is 6.05. The third kappa shape index (κ3) is 1.89. The molecule has 8 nitrogen and oxygen atoms in total. The third-order valence-electron chi connectivity index (χ3n) is 3.10. The maximum absolute atomic E-state index is 12.4. The molecule has 21 heavy (non-hydrogen) atoms. The predicted octanol–water partition coefficient (Wildman–Crippen LogP) is 1.68. The lowest BCUT2D eigenvalue weighted by molar-refractivity contribution is -0.384. The van der Waals surface area contributed by atoms with E-state index in [9.17, 15) is 24.8 Å². The monoisotopic (exact) mass is 285 g/mol. The Morgan fingerprint density at radius 2 is 2.10 bits per heavy atom. The van der Waals surface area contributed by atoms with Crippen molar-refractivity contribution in [1.29, 1.82) is 0 Å². The van der Waals surface area contributed by atoms with Crippen LogP contribution in [0, 0.1) is 10.1 Å². The summed E-state index contributed by atoms with van der Waals surface area (Å²) < 4.78 is 0. The molecule has 0 atom stereocenters. The van der Waals surface area contributed by atoms with Gasteiger partial charge in [-0.3, -0.25) is 14.9 Å². The molecule has 0 saturated carbocycles. The zero-order chi connectivity index (χ0) is 15.1. The minimum absolute atomic E-state index is 0.0179. The second-order valence-electron chi connectivity index (χ2n) is 4.33. The van der Waals surface area contributed by atoms with Gasteiger partial charge in [0.05, 0.1) is 26.8 Å². The average Bonchev–Trinajstić information content (AvgIpc) is 2.46. The summed E-state index contributed by atoms with van der Waals surface area (Å²) in [5, 5.41) is 20.3. The van der Waals surface area contributed by atoms with Crippen LogP contribution in [0.4, 0.5) is 5.69 Å². The van der Waals surface area contributed by atoms with Gasteiger partial charge < -0.3 is 10.1 Å². The molecule has 0 aliphatic carbocycles. The van der Waals surface area contributed by atoms with Crippen LogP contribution < -0.4 is 5.43 Å². The summed E-state index contributed by atoms with van der Waals surface area (Å²) in [5.74, 6) is -1.37. The van der Waals surface area contributed by atoms with E-state index in [2.05, 4.69) is 9.97 Å². The van der Waals surface area contributed by atoms with Crippen LogP contribution in [0.3, 0.4) is 0 Å². The lowest BCUT2D eigenvalue weighted by atomic mass is 10.1. The number of fused-ring (bicyclic) bond motifs is 2. The van der Waals surface area contributed by atoms with E-state index in [4.69, 9.17) is 0 Å². The van der Waals surface area contributed by atoms with Gasteiger partial charge in [0, 0.05) is 18.3 Å². The number of carboxylic acids is 1. The molecule has 1 aromatic carbocycles. The van der Waals surface area contributed by atoms with Crippen LogP contribution in [-0.2, 0) is 0 Å². The Balaban J connectivity index is 2.58. The van der Waals surface area contributed by atoms with Gasteiger partial charge in [0.15, 0.2) is 5.43 Å². The molecular formula is C13H7N3O5. The van der Waals surface area contributed by atoms with E-state index in [0.29, 0.717) is 0 Å². The first-order valence-electron chi connectivity index (χ1n) is 5.81. The number of nitro groups is 1. The second kappa shape index (κ2) is 4.37. The Bertz CT molecular complexity index is 977. The SMILES string of the molecule is O=C(O)c1cc([N+](=O)[O-])cc2c(=O)c3cccnc3[nH]c12. The van der Waals surface area contributed by atoms with E-state index in [1.54, 1.807) is 6.07 Å². The van der Waals surface area contributed by atoms with Crippen LogP contribution >= 0.6 is 0 Å². The maximum Gasteiger partial charge on any atom is 0.338 e. The van der Waals surface area contributed by atoms with Crippen LogP contribution in [0.2, 0.25) is 0 Å². The number of nitrogens with zero attached hydrogens (tertiary/aromatic N) is 2. The quantitative estimate of drug-likeness (QED) is 0.419. The average molecular weight is 285 g/mol. The fourth-order valence-electron chi connectivity index (χ4n) is 2.17. The van der Waals surface area contributed by atoms with E-state index in [1.807, 2.05) is 0 Å². The Labute approximate surface area is 115 Å². The smallest absolute Gasteiger partial charge is 0.338 e. The van der Waals surface area contributed by atoms with Crippen molar-refractivity contribution >= 4 is 33.6 Å². The summed E-state index contributed by atoms with van der Waals surface area (Å²) in [6.45, 7) is 0. The van der Waals surface area contributed by atoms with E-state index >= 15 is 0 Å². The largest absolute Gasteiger partial charge is 0.478 e. The number of aromatic nitrogens is 2. The molecule has 0 bridgehead atoms. The molecule has 2 aromatic heterocycles. The number of non-ortho nitro benzene ring substituents is 1. The van der Waals surface area contributed by atoms with Gasteiger partial charge in [0.2, 0.25) is 0 Å². The Hall–Kier alpha value is -3.29. The molecule has 0 saturated heterocycles. The van der Waals surface area contributed by atoms with E-state index in [-0.39, 0.29) is 27.5 Å². The van der Waals surface area contributed by atoms with E-state index < -0.39 is 22.0 Å². The predicted molar refractivity (Wildman–Crippen MR) is 73.5 cm³/mol. The minimum Gasteiger partial charge on any atom is -0.478 e. The maximum atomic E-state index is 12.4. The normalized spacial score (nSPS) is 10.9. The minimum atomic E-state index is -1.37. The zero-order valence-corrected chi connectivity index (χ0v) is 10.4. The van der Waals surface area contributed by atoms with Crippen LogP contribution in [-0.4, -0.2) is 26.0 Å². The molecule has 0 fully saturated rings. The lowest BCUT2D eigenvalue weighted by Gasteiger charge is -2.05. The van der Waals surface area contributed by atoms with Crippen LogP contribution in [0.15, 0.2) is 35.3 Å².